The monoisotopic (exact) mass is 219 g/mol. The second-order valence-electron chi connectivity index (χ2n) is 0.808. The molecule has 0 amide bonds. The molecular formula is C2BrCl2NO2. The normalized spacial score (nSPS) is 8.38. The van der Waals surface area contributed by atoms with Crippen molar-refractivity contribution in [3.05, 3.63) is 19.2 Å². The van der Waals surface area contributed by atoms with E-state index in [2.05, 4.69) is 15.9 Å². The van der Waals surface area contributed by atoms with Crippen LogP contribution in [0.5, 0.6) is 0 Å². The fourth-order valence-electron chi connectivity index (χ4n) is 0.0690. The van der Waals surface area contributed by atoms with Crippen LogP contribution in [0.1, 0.15) is 0 Å². The number of nitro groups is 1. The minimum atomic E-state index is -0.727. The van der Waals surface area contributed by atoms with Gasteiger partial charge < -0.3 is 0 Å². The topological polar surface area (TPSA) is 43.1 Å². The van der Waals surface area contributed by atoms with Crippen LogP contribution in [0.15, 0.2) is 9.10 Å². The van der Waals surface area contributed by atoms with Crippen LogP contribution in [0.2, 0.25) is 0 Å². The quantitative estimate of drug-likeness (QED) is 0.387. The van der Waals surface area contributed by atoms with Crippen LogP contribution in [0.25, 0.3) is 0 Å². The lowest BCUT2D eigenvalue weighted by Crippen LogP contribution is -1.89. The molecule has 0 spiro atoms. The molecule has 0 saturated carbocycles. The highest BCUT2D eigenvalue weighted by Gasteiger charge is 2.09. The van der Waals surface area contributed by atoms with Crippen molar-refractivity contribution >= 4 is 39.1 Å². The lowest BCUT2D eigenvalue weighted by atomic mass is 11.1. The molecule has 0 fully saturated rings. The molecule has 0 bridgehead atoms. The fourth-order valence-corrected chi connectivity index (χ4v) is 0.207. The Morgan fingerprint density at radius 2 is 2.00 bits per heavy atom. The van der Waals surface area contributed by atoms with E-state index >= 15 is 0 Å². The molecule has 3 nitrogen and oxygen atoms in total. The highest BCUT2D eigenvalue weighted by atomic mass is 79.9. The minimum Gasteiger partial charge on any atom is -0.258 e. The van der Waals surface area contributed by atoms with Gasteiger partial charge in [0, 0.05) is 15.9 Å². The van der Waals surface area contributed by atoms with Crippen LogP contribution < -0.4 is 0 Å². The molecule has 0 aliphatic carbocycles. The van der Waals surface area contributed by atoms with Gasteiger partial charge in [0.05, 0.1) is 4.92 Å². The smallest absolute Gasteiger partial charge is 0.258 e. The van der Waals surface area contributed by atoms with Gasteiger partial charge in [-0.1, -0.05) is 23.2 Å². The molecule has 0 aromatic heterocycles. The van der Waals surface area contributed by atoms with Crippen LogP contribution in [0.3, 0.4) is 0 Å². The summed E-state index contributed by atoms with van der Waals surface area (Å²) < 4.78 is -0.796. The van der Waals surface area contributed by atoms with E-state index in [1.165, 1.54) is 0 Å². The lowest BCUT2D eigenvalue weighted by molar-refractivity contribution is -0.409. The van der Waals surface area contributed by atoms with Gasteiger partial charge in [-0.05, 0) is 0 Å². The Morgan fingerprint density at radius 3 is 2.00 bits per heavy atom. The maximum Gasteiger partial charge on any atom is 0.340 e. The van der Waals surface area contributed by atoms with E-state index in [9.17, 15) is 10.1 Å². The Kier molecular flexibility index (Phi) is 3.35. The van der Waals surface area contributed by atoms with E-state index in [-0.39, 0.29) is 4.49 Å². The van der Waals surface area contributed by atoms with Crippen LogP contribution in [-0.2, 0) is 0 Å². The molecule has 0 aliphatic heterocycles. The van der Waals surface area contributed by atoms with Crippen LogP contribution in [0, 0.1) is 10.1 Å². The fraction of sp³-hybridized carbons (Fsp3) is 0. The first-order valence-corrected chi connectivity index (χ1v) is 2.95. The van der Waals surface area contributed by atoms with Crippen molar-refractivity contribution in [2.45, 2.75) is 0 Å². The first-order chi connectivity index (χ1) is 3.55. The van der Waals surface area contributed by atoms with Crippen LogP contribution in [-0.4, -0.2) is 4.92 Å². The summed E-state index contributed by atoms with van der Waals surface area (Å²) in [5.41, 5.74) is 0. The first kappa shape index (κ1) is 8.20. The maximum atomic E-state index is 9.67. The highest BCUT2D eigenvalue weighted by Crippen LogP contribution is 2.19. The predicted octanol–water partition coefficient (Wildman–Crippen LogP) is 2.26. The van der Waals surface area contributed by atoms with Crippen molar-refractivity contribution in [1.29, 1.82) is 0 Å². The Bertz CT molecular complexity index is 141. The average molecular weight is 221 g/mol. The summed E-state index contributed by atoms with van der Waals surface area (Å²) in [6.45, 7) is 0. The van der Waals surface area contributed by atoms with E-state index in [1.54, 1.807) is 0 Å². The molecule has 0 aromatic carbocycles. The zero-order valence-corrected chi connectivity index (χ0v) is 6.50. The van der Waals surface area contributed by atoms with Gasteiger partial charge in [-0.2, -0.15) is 0 Å². The zero-order valence-electron chi connectivity index (χ0n) is 3.40. The van der Waals surface area contributed by atoms with Gasteiger partial charge in [0.25, 0.3) is 0 Å². The summed E-state index contributed by atoms with van der Waals surface area (Å²) in [6, 6.07) is 0. The molecule has 0 saturated heterocycles. The number of nitrogens with zero attached hydrogens (tertiary/aromatic N) is 1. The van der Waals surface area contributed by atoms with Crippen molar-refractivity contribution in [2.75, 3.05) is 0 Å². The molecule has 0 heterocycles. The molecule has 0 radical (unpaired) electrons. The molecule has 0 aliphatic rings. The summed E-state index contributed by atoms with van der Waals surface area (Å²) in [7, 11) is 0. The third-order valence-electron chi connectivity index (χ3n) is 0.316. The van der Waals surface area contributed by atoms with Crippen molar-refractivity contribution in [1.82, 2.24) is 0 Å². The largest absolute Gasteiger partial charge is 0.340 e. The molecule has 6 heteroatoms. The van der Waals surface area contributed by atoms with Gasteiger partial charge in [0.15, 0.2) is 4.49 Å². The molecule has 46 valence electrons. The van der Waals surface area contributed by atoms with Crippen molar-refractivity contribution in [3.63, 3.8) is 0 Å². The lowest BCUT2D eigenvalue weighted by Gasteiger charge is -1.82. The maximum absolute atomic E-state index is 9.67. The highest BCUT2D eigenvalue weighted by molar-refractivity contribution is 9.11. The second-order valence-corrected chi connectivity index (χ2v) is 2.51. The molecular weight excluding hydrogens is 221 g/mol. The zero-order chi connectivity index (χ0) is 6.73. The Labute approximate surface area is 63.5 Å². The minimum absolute atomic E-state index is 0.380. The van der Waals surface area contributed by atoms with Crippen LogP contribution >= 0.6 is 39.1 Å². The molecule has 0 atom stereocenters. The van der Waals surface area contributed by atoms with Crippen molar-refractivity contribution in [2.24, 2.45) is 0 Å². The third-order valence-corrected chi connectivity index (χ3v) is 1.82. The van der Waals surface area contributed by atoms with Gasteiger partial charge in [-0.25, -0.2) is 0 Å². The van der Waals surface area contributed by atoms with E-state index in [1.807, 2.05) is 0 Å². The summed E-state index contributed by atoms with van der Waals surface area (Å²) in [6.07, 6.45) is 0. The summed E-state index contributed by atoms with van der Waals surface area (Å²) in [4.78, 5) is 8.95. The molecule has 0 N–H and O–H groups in total. The summed E-state index contributed by atoms with van der Waals surface area (Å²) in [5.74, 6) is 0. The SMILES string of the molecule is O=[N+]([O-])C(Br)=C(Cl)Cl. The Morgan fingerprint density at radius 1 is 1.62 bits per heavy atom. The van der Waals surface area contributed by atoms with E-state index in [0.29, 0.717) is 0 Å². The summed E-state index contributed by atoms with van der Waals surface area (Å²) in [5, 5.41) is 9.67. The van der Waals surface area contributed by atoms with Gasteiger partial charge in [0.2, 0.25) is 0 Å². The number of hydrogen-bond donors (Lipinski definition) is 0. The standard InChI is InChI=1S/C2BrCl2NO2/c3-1(2(4)5)6(7)8. The Hall–Kier alpha value is 0.200. The Balaban J connectivity index is 4.23. The average Bonchev–Trinajstić information content (AvgIpc) is 1.64. The molecule has 0 rings (SSSR count). The number of hydrogen-bond acceptors (Lipinski definition) is 2. The summed E-state index contributed by atoms with van der Waals surface area (Å²) >= 11 is 12.5. The number of rotatable bonds is 1. The van der Waals surface area contributed by atoms with Gasteiger partial charge in [-0.3, -0.25) is 10.1 Å². The van der Waals surface area contributed by atoms with Gasteiger partial charge in [0.1, 0.15) is 0 Å². The van der Waals surface area contributed by atoms with E-state index in [4.69, 9.17) is 23.2 Å². The number of halogens is 3. The second kappa shape index (κ2) is 3.27. The van der Waals surface area contributed by atoms with Crippen molar-refractivity contribution < 1.29 is 4.92 Å². The van der Waals surface area contributed by atoms with E-state index in [0.717, 1.165) is 0 Å². The molecule has 8 heavy (non-hydrogen) atoms. The molecule has 0 unspecified atom stereocenters. The van der Waals surface area contributed by atoms with Gasteiger partial charge >= 0.3 is 4.61 Å². The third kappa shape index (κ3) is 2.49. The van der Waals surface area contributed by atoms with E-state index < -0.39 is 9.53 Å². The van der Waals surface area contributed by atoms with Crippen LogP contribution in [0.4, 0.5) is 0 Å². The van der Waals surface area contributed by atoms with Crippen molar-refractivity contribution in [3.8, 4) is 0 Å². The first-order valence-electron chi connectivity index (χ1n) is 1.41. The molecule has 0 aromatic rings. The van der Waals surface area contributed by atoms with Gasteiger partial charge in [-0.15, -0.1) is 0 Å². The predicted molar refractivity (Wildman–Crippen MR) is 34.7 cm³/mol.